The highest BCUT2D eigenvalue weighted by atomic mass is 16.4. The van der Waals surface area contributed by atoms with Gasteiger partial charge in [-0.25, -0.2) is 0 Å². The van der Waals surface area contributed by atoms with Crippen molar-refractivity contribution in [2.24, 2.45) is 0 Å². The first kappa shape index (κ1) is 25.0. The second-order valence-electron chi connectivity index (χ2n) is 11.6. The van der Waals surface area contributed by atoms with Crippen molar-refractivity contribution in [2.45, 2.75) is 0 Å². The van der Waals surface area contributed by atoms with E-state index in [2.05, 4.69) is 119 Å². The minimum atomic E-state index is 0.500. The van der Waals surface area contributed by atoms with Crippen molar-refractivity contribution in [3.8, 4) is 5.69 Å². The normalized spacial score (nSPS) is 11.9. The Morgan fingerprint density at radius 2 is 1.17 bits per heavy atom. The number of anilines is 3. The third-order valence-electron chi connectivity index (χ3n) is 9.01. The van der Waals surface area contributed by atoms with E-state index in [1.54, 1.807) is 0 Å². The molecular weight excluding hydrogens is 566 g/mol. The molecule has 3 heterocycles. The zero-order chi connectivity index (χ0) is 30.2. The minimum absolute atomic E-state index is 0.500. The Morgan fingerprint density at radius 1 is 0.478 bits per heavy atom. The molecular formula is C41H25N3O2. The highest BCUT2D eigenvalue weighted by Crippen LogP contribution is 2.42. The molecule has 5 heteroatoms. The number of hydrogen-bond donors (Lipinski definition) is 0. The Morgan fingerprint density at radius 3 is 2.09 bits per heavy atom. The van der Waals surface area contributed by atoms with E-state index in [1.165, 1.54) is 10.8 Å². The molecule has 3 aromatic heterocycles. The average Bonchev–Trinajstić information content (AvgIpc) is 3.80. The smallest absolute Gasteiger partial charge is 0.307 e. The average molecular weight is 592 g/mol. The van der Waals surface area contributed by atoms with Gasteiger partial charge in [-0.3, -0.25) is 4.90 Å². The molecule has 0 aliphatic carbocycles. The minimum Gasteiger partial charge on any atom is -0.456 e. The number of fused-ring (bicyclic) bond motifs is 9. The fraction of sp³-hybridized carbons (Fsp3) is 0. The van der Waals surface area contributed by atoms with Crippen LogP contribution in [0.4, 0.5) is 17.4 Å². The lowest BCUT2D eigenvalue weighted by Crippen LogP contribution is -2.10. The molecule has 0 atom stereocenters. The molecule has 0 aliphatic heterocycles. The molecule has 0 unspecified atom stereocenters. The molecule has 10 aromatic rings. The first-order chi connectivity index (χ1) is 22.8. The standard InChI is InChI=1S/C41H25N3O2/c1-2-11-27(12-3-1)44-36-16-8-6-14-31(36)32-21-19-29(25-37(32)44)43(28-20-23-39-34(24-28)33-15-7-9-17-38(33)45-39)41-42-35-22-18-26-10-4-5-13-30(26)40(35)46-41/h1-25H. The van der Waals surface area contributed by atoms with Crippen molar-refractivity contribution in [1.82, 2.24) is 9.55 Å². The van der Waals surface area contributed by atoms with Crippen molar-refractivity contribution in [3.63, 3.8) is 0 Å². The summed E-state index contributed by atoms with van der Waals surface area (Å²) in [5, 5.41) is 6.66. The van der Waals surface area contributed by atoms with Crippen LogP contribution in [-0.2, 0) is 0 Å². The lowest BCUT2D eigenvalue weighted by molar-refractivity contribution is 0.611. The van der Waals surface area contributed by atoms with Crippen LogP contribution in [0.3, 0.4) is 0 Å². The van der Waals surface area contributed by atoms with Crippen LogP contribution in [0.25, 0.3) is 71.3 Å². The molecule has 0 spiro atoms. The van der Waals surface area contributed by atoms with Crippen LogP contribution >= 0.6 is 0 Å². The predicted octanol–water partition coefficient (Wildman–Crippen LogP) is 11.4. The van der Waals surface area contributed by atoms with Gasteiger partial charge in [0.05, 0.1) is 22.4 Å². The number of furan rings is 1. The molecule has 7 aromatic carbocycles. The largest absolute Gasteiger partial charge is 0.456 e. The van der Waals surface area contributed by atoms with Gasteiger partial charge in [-0.15, -0.1) is 0 Å². The summed E-state index contributed by atoms with van der Waals surface area (Å²) in [6.07, 6.45) is 0. The molecule has 0 saturated carbocycles. The maximum absolute atomic E-state index is 6.70. The summed E-state index contributed by atoms with van der Waals surface area (Å²) in [6, 6.07) is 53.1. The van der Waals surface area contributed by atoms with E-state index in [-0.39, 0.29) is 0 Å². The van der Waals surface area contributed by atoms with Gasteiger partial charge in [-0.1, -0.05) is 91.0 Å². The van der Waals surface area contributed by atoms with Gasteiger partial charge in [0.2, 0.25) is 0 Å². The van der Waals surface area contributed by atoms with E-state index in [1.807, 2.05) is 42.5 Å². The molecule has 0 N–H and O–H groups in total. The summed E-state index contributed by atoms with van der Waals surface area (Å²) in [5.41, 5.74) is 8.53. The van der Waals surface area contributed by atoms with Crippen LogP contribution in [0.2, 0.25) is 0 Å². The summed E-state index contributed by atoms with van der Waals surface area (Å²) in [6.45, 7) is 0. The van der Waals surface area contributed by atoms with Crippen LogP contribution in [-0.4, -0.2) is 9.55 Å². The number of aromatic nitrogens is 2. The van der Waals surface area contributed by atoms with Gasteiger partial charge in [-0.05, 0) is 66.0 Å². The zero-order valence-corrected chi connectivity index (χ0v) is 24.6. The number of hydrogen-bond acceptors (Lipinski definition) is 4. The SMILES string of the molecule is c1ccc(-n2c3ccccc3c3ccc(N(c4ccc5oc6ccccc6c5c4)c4nc5ccc6ccccc6c5o4)cc32)cc1. The van der Waals surface area contributed by atoms with E-state index >= 15 is 0 Å². The zero-order valence-electron chi connectivity index (χ0n) is 24.6. The second-order valence-corrected chi connectivity index (χ2v) is 11.6. The van der Waals surface area contributed by atoms with Crippen molar-refractivity contribution >= 4 is 83.0 Å². The predicted molar refractivity (Wildman–Crippen MR) is 188 cm³/mol. The van der Waals surface area contributed by atoms with Gasteiger partial charge in [0.25, 0.3) is 0 Å². The first-order valence-corrected chi connectivity index (χ1v) is 15.4. The molecule has 0 bridgehead atoms. The second kappa shape index (κ2) is 9.58. The van der Waals surface area contributed by atoms with E-state index in [4.69, 9.17) is 13.8 Å². The Labute approximate surface area is 263 Å². The lowest BCUT2D eigenvalue weighted by Gasteiger charge is -2.21. The summed E-state index contributed by atoms with van der Waals surface area (Å²) in [5.74, 6) is 0. The maximum atomic E-state index is 6.70. The van der Waals surface area contributed by atoms with Crippen LogP contribution in [0, 0.1) is 0 Å². The number of benzene rings is 7. The van der Waals surface area contributed by atoms with Gasteiger partial charge in [0.1, 0.15) is 16.7 Å². The molecule has 0 aliphatic rings. The van der Waals surface area contributed by atoms with Crippen LogP contribution in [0.15, 0.2) is 160 Å². The number of rotatable bonds is 4. The van der Waals surface area contributed by atoms with Gasteiger partial charge in [0, 0.05) is 32.6 Å². The van der Waals surface area contributed by atoms with Gasteiger partial charge < -0.3 is 13.4 Å². The molecule has 0 radical (unpaired) electrons. The van der Waals surface area contributed by atoms with Crippen molar-refractivity contribution in [1.29, 1.82) is 0 Å². The Bertz CT molecular complexity index is 2760. The Balaban J connectivity index is 1.26. The van der Waals surface area contributed by atoms with Gasteiger partial charge in [0.15, 0.2) is 5.58 Å². The van der Waals surface area contributed by atoms with Crippen LogP contribution in [0.5, 0.6) is 0 Å². The highest BCUT2D eigenvalue weighted by Gasteiger charge is 2.23. The van der Waals surface area contributed by atoms with E-state index in [0.717, 1.165) is 71.9 Å². The van der Waals surface area contributed by atoms with E-state index in [9.17, 15) is 0 Å². The Kier molecular flexibility index (Phi) is 5.22. The summed E-state index contributed by atoms with van der Waals surface area (Å²) in [7, 11) is 0. The summed E-state index contributed by atoms with van der Waals surface area (Å²) < 4.78 is 15.2. The molecule has 46 heavy (non-hydrogen) atoms. The van der Waals surface area contributed by atoms with Crippen LogP contribution in [0.1, 0.15) is 0 Å². The van der Waals surface area contributed by atoms with E-state index in [0.29, 0.717) is 6.01 Å². The summed E-state index contributed by atoms with van der Waals surface area (Å²) in [4.78, 5) is 7.19. The first-order valence-electron chi connectivity index (χ1n) is 15.4. The quantitative estimate of drug-likeness (QED) is 0.204. The van der Waals surface area contributed by atoms with Crippen molar-refractivity contribution in [3.05, 3.63) is 152 Å². The number of nitrogens with zero attached hydrogens (tertiary/aromatic N) is 3. The monoisotopic (exact) mass is 591 g/mol. The Hall–Kier alpha value is -6.33. The molecule has 0 fully saturated rings. The third kappa shape index (κ3) is 3.66. The molecule has 216 valence electrons. The van der Waals surface area contributed by atoms with Crippen molar-refractivity contribution < 1.29 is 8.83 Å². The maximum Gasteiger partial charge on any atom is 0.307 e. The lowest BCUT2D eigenvalue weighted by atomic mass is 10.1. The summed E-state index contributed by atoms with van der Waals surface area (Å²) >= 11 is 0. The fourth-order valence-corrected chi connectivity index (χ4v) is 6.92. The molecule has 0 amide bonds. The molecule has 5 nitrogen and oxygen atoms in total. The topological polar surface area (TPSA) is 47.3 Å². The van der Waals surface area contributed by atoms with Crippen molar-refractivity contribution in [2.75, 3.05) is 4.90 Å². The van der Waals surface area contributed by atoms with Gasteiger partial charge in [-0.2, -0.15) is 4.98 Å². The molecule has 10 rings (SSSR count). The number of para-hydroxylation sites is 3. The fourth-order valence-electron chi connectivity index (χ4n) is 6.92. The van der Waals surface area contributed by atoms with E-state index < -0.39 is 0 Å². The van der Waals surface area contributed by atoms with Gasteiger partial charge >= 0.3 is 6.01 Å². The highest BCUT2D eigenvalue weighted by molar-refractivity contribution is 6.11. The van der Waals surface area contributed by atoms with Crippen LogP contribution < -0.4 is 4.90 Å². The third-order valence-corrected chi connectivity index (χ3v) is 9.01. The number of oxazole rings is 1. The molecule has 0 saturated heterocycles.